The fourth-order valence-electron chi connectivity index (χ4n) is 3.57. The van der Waals surface area contributed by atoms with Gasteiger partial charge in [0, 0.05) is 5.56 Å². The van der Waals surface area contributed by atoms with Gasteiger partial charge in [-0.3, -0.25) is 4.79 Å². The maximum absolute atomic E-state index is 11.0. The summed E-state index contributed by atoms with van der Waals surface area (Å²) in [5, 5.41) is 9.05. The number of hydrogen-bond donors (Lipinski definition) is 1. The van der Waals surface area contributed by atoms with Crippen LogP contribution in [0.15, 0.2) is 66.7 Å². The second-order valence-electron chi connectivity index (χ2n) is 8.12. The standard InChI is InChI=1S/C28H32O5/c1-4-5-15-32-27-17-21(9-14-26(27)22-10-12-24(31-3)13-11-22)19-33-25-8-6-7-23(18-25)20(2)16-28(29)30/h6-14,17-18,20H,4-5,15-16,19H2,1-3H3,(H,29,30)/t20-/m0/s1. The molecule has 3 aromatic rings. The first kappa shape index (κ1) is 24.2. The van der Waals surface area contributed by atoms with Crippen LogP contribution >= 0.6 is 0 Å². The van der Waals surface area contributed by atoms with E-state index in [0.717, 1.165) is 52.3 Å². The first-order valence-corrected chi connectivity index (χ1v) is 11.3. The van der Waals surface area contributed by atoms with Crippen LogP contribution in [0.3, 0.4) is 0 Å². The molecule has 0 aromatic heterocycles. The first-order valence-electron chi connectivity index (χ1n) is 11.3. The van der Waals surface area contributed by atoms with E-state index in [2.05, 4.69) is 13.0 Å². The molecule has 1 atom stereocenters. The number of methoxy groups -OCH3 is 1. The predicted molar refractivity (Wildman–Crippen MR) is 130 cm³/mol. The molecule has 3 aromatic carbocycles. The van der Waals surface area contributed by atoms with Gasteiger partial charge in [-0.05, 0) is 59.4 Å². The van der Waals surface area contributed by atoms with Crippen LogP contribution in [0.25, 0.3) is 11.1 Å². The van der Waals surface area contributed by atoms with E-state index in [-0.39, 0.29) is 12.3 Å². The first-order chi connectivity index (χ1) is 16.0. The van der Waals surface area contributed by atoms with Crippen molar-refractivity contribution in [1.82, 2.24) is 0 Å². The Hall–Kier alpha value is -3.47. The number of carbonyl (C=O) groups is 1. The second kappa shape index (κ2) is 12.0. The predicted octanol–water partition coefficient (Wildman–Crippen LogP) is 6.70. The van der Waals surface area contributed by atoms with Gasteiger partial charge < -0.3 is 19.3 Å². The highest BCUT2D eigenvalue weighted by molar-refractivity contribution is 5.71. The average Bonchev–Trinajstić information content (AvgIpc) is 2.83. The summed E-state index contributed by atoms with van der Waals surface area (Å²) in [5.74, 6) is 1.49. The van der Waals surface area contributed by atoms with Crippen molar-refractivity contribution < 1.29 is 24.1 Å². The molecule has 3 rings (SSSR count). The van der Waals surface area contributed by atoms with Gasteiger partial charge in [0.25, 0.3) is 0 Å². The summed E-state index contributed by atoms with van der Waals surface area (Å²) in [5.41, 5.74) is 4.05. The van der Waals surface area contributed by atoms with Gasteiger partial charge in [-0.1, -0.05) is 56.7 Å². The minimum atomic E-state index is -0.804. The number of rotatable bonds is 12. The van der Waals surface area contributed by atoms with E-state index < -0.39 is 5.97 Å². The molecule has 5 nitrogen and oxygen atoms in total. The molecular formula is C28H32O5. The highest BCUT2D eigenvalue weighted by atomic mass is 16.5. The molecule has 0 aliphatic carbocycles. The van der Waals surface area contributed by atoms with Crippen LogP contribution in [0.2, 0.25) is 0 Å². The van der Waals surface area contributed by atoms with Gasteiger partial charge in [-0.2, -0.15) is 0 Å². The van der Waals surface area contributed by atoms with Gasteiger partial charge >= 0.3 is 5.97 Å². The van der Waals surface area contributed by atoms with Crippen molar-refractivity contribution in [1.29, 1.82) is 0 Å². The lowest BCUT2D eigenvalue weighted by Gasteiger charge is -2.15. The van der Waals surface area contributed by atoms with Crippen LogP contribution in [0.5, 0.6) is 17.2 Å². The van der Waals surface area contributed by atoms with E-state index >= 15 is 0 Å². The zero-order valence-electron chi connectivity index (χ0n) is 19.5. The quantitative estimate of drug-likeness (QED) is 0.312. The van der Waals surface area contributed by atoms with Crippen molar-refractivity contribution in [3.8, 4) is 28.4 Å². The van der Waals surface area contributed by atoms with Gasteiger partial charge in [0.2, 0.25) is 0 Å². The zero-order valence-corrected chi connectivity index (χ0v) is 19.5. The van der Waals surface area contributed by atoms with Crippen molar-refractivity contribution >= 4 is 5.97 Å². The van der Waals surface area contributed by atoms with E-state index in [1.807, 2.05) is 67.6 Å². The van der Waals surface area contributed by atoms with Gasteiger partial charge in [0.1, 0.15) is 23.9 Å². The minimum Gasteiger partial charge on any atom is -0.497 e. The summed E-state index contributed by atoms with van der Waals surface area (Å²) in [6.45, 7) is 5.10. The molecule has 0 saturated carbocycles. The largest absolute Gasteiger partial charge is 0.497 e. The van der Waals surface area contributed by atoms with Crippen molar-refractivity contribution in [2.24, 2.45) is 0 Å². The molecule has 0 saturated heterocycles. The normalized spacial score (nSPS) is 11.6. The molecule has 0 aliphatic rings. The van der Waals surface area contributed by atoms with Crippen LogP contribution in [-0.2, 0) is 11.4 Å². The van der Waals surface area contributed by atoms with E-state index in [4.69, 9.17) is 19.3 Å². The van der Waals surface area contributed by atoms with Gasteiger partial charge in [-0.15, -0.1) is 0 Å². The lowest BCUT2D eigenvalue weighted by Crippen LogP contribution is -2.03. The molecule has 5 heteroatoms. The molecule has 1 N–H and O–H groups in total. The maximum Gasteiger partial charge on any atom is 0.303 e. The van der Waals surface area contributed by atoms with E-state index in [1.165, 1.54) is 0 Å². The smallest absolute Gasteiger partial charge is 0.303 e. The Labute approximate surface area is 195 Å². The van der Waals surface area contributed by atoms with E-state index in [9.17, 15) is 4.79 Å². The second-order valence-corrected chi connectivity index (χ2v) is 8.12. The maximum atomic E-state index is 11.0. The Bertz CT molecular complexity index is 1040. The van der Waals surface area contributed by atoms with Crippen molar-refractivity contribution in [3.05, 3.63) is 77.9 Å². The Morgan fingerprint density at radius 3 is 2.45 bits per heavy atom. The summed E-state index contributed by atoms with van der Waals surface area (Å²) in [6, 6.07) is 21.7. The highest BCUT2D eigenvalue weighted by Gasteiger charge is 2.12. The molecule has 0 amide bonds. The number of aliphatic carboxylic acids is 1. The van der Waals surface area contributed by atoms with Crippen molar-refractivity contribution in [3.63, 3.8) is 0 Å². The third kappa shape index (κ3) is 7.01. The monoisotopic (exact) mass is 448 g/mol. The van der Waals surface area contributed by atoms with Crippen LogP contribution in [-0.4, -0.2) is 24.8 Å². The number of ether oxygens (including phenoxy) is 3. The summed E-state index contributed by atoms with van der Waals surface area (Å²) in [7, 11) is 1.66. The lowest BCUT2D eigenvalue weighted by atomic mass is 9.98. The average molecular weight is 449 g/mol. The van der Waals surface area contributed by atoms with Crippen LogP contribution in [0, 0.1) is 0 Å². The SMILES string of the molecule is CCCCOc1cc(COc2cccc([C@@H](C)CC(=O)O)c2)ccc1-c1ccc(OC)cc1. The summed E-state index contributed by atoms with van der Waals surface area (Å²) >= 11 is 0. The molecule has 0 aliphatic heterocycles. The highest BCUT2D eigenvalue weighted by Crippen LogP contribution is 2.33. The Kier molecular flexibility index (Phi) is 8.76. The van der Waals surface area contributed by atoms with Crippen LogP contribution in [0.1, 0.15) is 50.2 Å². The summed E-state index contributed by atoms with van der Waals surface area (Å²) in [4.78, 5) is 11.0. The fourth-order valence-corrected chi connectivity index (χ4v) is 3.57. The molecule has 0 bridgehead atoms. The molecule has 33 heavy (non-hydrogen) atoms. The van der Waals surface area contributed by atoms with Crippen LogP contribution in [0.4, 0.5) is 0 Å². The minimum absolute atomic E-state index is 0.0756. The van der Waals surface area contributed by atoms with Crippen LogP contribution < -0.4 is 14.2 Å². The number of hydrogen-bond acceptors (Lipinski definition) is 4. The molecule has 0 heterocycles. The molecule has 0 radical (unpaired) electrons. The number of carboxylic acid groups (broad SMARTS) is 1. The van der Waals surface area contributed by atoms with Gasteiger partial charge in [-0.25, -0.2) is 0 Å². The molecular weight excluding hydrogens is 416 g/mol. The number of benzene rings is 3. The van der Waals surface area contributed by atoms with E-state index in [1.54, 1.807) is 7.11 Å². The fraction of sp³-hybridized carbons (Fsp3) is 0.321. The van der Waals surface area contributed by atoms with Gasteiger partial charge in [0.15, 0.2) is 0 Å². The van der Waals surface area contributed by atoms with Crippen molar-refractivity contribution in [2.45, 2.75) is 45.6 Å². The zero-order chi connectivity index (χ0) is 23.6. The van der Waals surface area contributed by atoms with Crippen molar-refractivity contribution in [2.75, 3.05) is 13.7 Å². The Morgan fingerprint density at radius 2 is 1.76 bits per heavy atom. The number of unbranched alkanes of at least 4 members (excludes halogenated alkanes) is 1. The third-order valence-corrected chi connectivity index (χ3v) is 5.52. The topological polar surface area (TPSA) is 65.0 Å². The number of carboxylic acids is 1. The van der Waals surface area contributed by atoms with E-state index in [0.29, 0.717) is 13.2 Å². The molecule has 174 valence electrons. The Morgan fingerprint density at radius 1 is 0.970 bits per heavy atom. The molecule has 0 fully saturated rings. The molecule has 0 spiro atoms. The Balaban J connectivity index is 1.76. The third-order valence-electron chi connectivity index (χ3n) is 5.52. The summed E-state index contributed by atoms with van der Waals surface area (Å²) < 4.78 is 17.4. The summed E-state index contributed by atoms with van der Waals surface area (Å²) in [6.07, 6.45) is 2.15. The van der Waals surface area contributed by atoms with Gasteiger partial charge in [0.05, 0.1) is 20.1 Å². The lowest BCUT2D eigenvalue weighted by molar-refractivity contribution is -0.137. The molecule has 0 unspecified atom stereocenters.